The SMILES string of the molecule is c1ccc2c(c1)Cc1c(ccc(N3CCCC3)c1N1CCCC1)O2. The van der Waals surface area contributed by atoms with Crippen molar-refractivity contribution in [1.82, 2.24) is 0 Å². The van der Waals surface area contributed by atoms with Gasteiger partial charge < -0.3 is 14.5 Å². The van der Waals surface area contributed by atoms with E-state index in [4.69, 9.17) is 4.74 Å². The Kier molecular flexibility index (Phi) is 3.39. The first-order valence-corrected chi connectivity index (χ1v) is 9.32. The molecular weight excluding hydrogens is 296 g/mol. The maximum atomic E-state index is 6.25. The minimum atomic E-state index is 0.985. The van der Waals surface area contributed by atoms with E-state index in [2.05, 4.69) is 46.2 Å². The zero-order valence-corrected chi connectivity index (χ0v) is 14.1. The summed E-state index contributed by atoms with van der Waals surface area (Å²) >= 11 is 0. The van der Waals surface area contributed by atoms with Crippen LogP contribution >= 0.6 is 0 Å². The summed E-state index contributed by atoms with van der Waals surface area (Å²) in [5.41, 5.74) is 5.57. The highest BCUT2D eigenvalue weighted by atomic mass is 16.5. The van der Waals surface area contributed by atoms with E-state index in [0.29, 0.717) is 0 Å². The zero-order valence-electron chi connectivity index (χ0n) is 14.1. The zero-order chi connectivity index (χ0) is 15.9. The monoisotopic (exact) mass is 320 g/mol. The highest BCUT2D eigenvalue weighted by Crippen LogP contribution is 2.46. The highest BCUT2D eigenvalue weighted by Gasteiger charge is 2.28. The molecule has 0 saturated carbocycles. The van der Waals surface area contributed by atoms with Crippen molar-refractivity contribution in [3.63, 3.8) is 0 Å². The van der Waals surface area contributed by atoms with Crippen LogP contribution in [0.1, 0.15) is 36.8 Å². The Morgan fingerprint density at radius 2 is 1.42 bits per heavy atom. The van der Waals surface area contributed by atoms with Crippen LogP contribution in [-0.2, 0) is 6.42 Å². The molecule has 0 radical (unpaired) electrons. The molecule has 3 heteroatoms. The maximum Gasteiger partial charge on any atom is 0.133 e. The normalized spacial score (nSPS) is 19.2. The van der Waals surface area contributed by atoms with E-state index in [1.807, 2.05) is 0 Å². The maximum absolute atomic E-state index is 6.25. The predicted octanol–water partition coefficient (Wildman–Crippen LogP) is 4.58. The topological polar surface area (TPSA) is 15.7 Å². The number of fused-ring (bicyclic) bond motifs is 2. The lowest BCUT2D eigenvalue weighted by molar-refractivity contribution is 0.460. The molecule has 3 nitrogen and oxygen atoms in total. The van der Waals surface area contributed by atoms with E-state index >= 15 is 0 Å². The molecule has 0 bridgehead atoms. The van der Waals surface area contributed by atoms with Crippen LogP contribution in [0.2, 0.25) is 0 Å². The van der Waals surface area contributed by atoms with Gasteiger partial charge in [-0.3, -0.25) is 0 Å². The molecule has 0 spiro atoms. The predicted molar refractivity (Wildman–Crippen MR) is 98.7 cm³/mol. The van der Waals surface area contributed by atoms with Crippen molar-refractivity contribution in [3.05, 3.63) is 47.5 Å². The van der Waals surface area contributed by atoms with E-state index in [1.54, 1.807) is 0 Å². The number of para-hydroxylation sites is 1. The van der Waals surface area contributed by atoms with Crippen LogP contribution in [0.15, 0.2) is 36.4 Å². The van der Waals surface area contributed by atoms with E-state index in [-0.39, 0.29) is 0 Å². The second-order valence-corrected chi connectivity index (χ2v) is 7.18. The smallest absolute Gasteiger partial charge is 0.133 e. The summed E-state index contributed by atoms with van der Waals surface area (Å²) in [6, 6.07) is 13.0. The van der Waals surface area contributed by atoms with E-state index < -0.39 is 0 Å². The van der Waals surface area contributed by atoms with Crippen molar-refractivity contribution < 1.29 is 4.74 Å². The first kappa shape index (κ1) is 14.2. The molecule has 2 saturated heterocycles. The summed E-state index contributed by atoms with van der Waals surface area (Å²) in [7, 11) is 0. The Bertz CT molecular complexity index is 758. The molecule has 3 aliphatic heterocycles. The van der Waals surface area contributed by atoms with Crippen molar-refractivity contribution in [3.8, 4) is 11.5 Å². The van der Waals surface area contributed by atoms with Gasteiger partial charge in [-0.05, 0) is 49.4 Å². The molecule has 124 valence electrons. The molecule has 24 heavy (non-hydrogen) atoms. The van der Waals surface area contributed by atoms with Crippen molar-refractivity contribution >= 4 is 11.4 Å². The van der Waals surface area contributed by atoms with Crippen LogP contribution in [0, 0.1) is 0 Å². The van der Waals surface area contributed by atoms with Crippen LogP contribution < -0.4 is 14.5 Å². The van der Waals surface area contributed by atoms with Crippen LogP contribution in [0.3, 0.4) is 0 Å². The third-order valence-corrected chi connectivity index (χ3v) is 5.65. The molecule has 0 unspecified atom stereocenters. The van der Waals surface area contributed by atoms with E-state index in [1.165, 1.54) is 74.4 Å². The van der Waals surface area contributed by atoms with Gasteiger partial charge in [-0.15, -0.1) is 0 Å². The number of rotatable bonds is 2. The highest BCUT2D eigenvalue weighted by molar-refractivity contribution is 5.80. The van der Waals surface area contributed by atoms with Gasteiger partial charge >= 0.3 is 0 Å². The Labute approximate surface area is 143 Å². The summed E-state index contributed by atoms with van der Waals surface area (Å²) in [5.74, 6) is 2.07. The average Bonchev–Trinajstić information content (AvgIpc) is 3.32. The third-order valence-electron chi connectivity index (χ3n) is 5.65. The molecule has 0 aromatic heterocycles. The van der Waals surface area contributed by atoms with Gasteiger partial charge in [0, 0.05) is 38.2 Å². The minimum absolute atomic E-state index is 0.985. The van der Waals surface area contributed by atoms with Gasteiger partial charge in [-0.1, -0.05) is 18.2 Å². The molecule has 0 aliphatic carbocycles. The molecular formula is C21H24N2O. The number of ether oxygens (including phenoxy) is 1. The Morgan fingerprint density at radius 3 is 2.21 bits per heavy atom. The van der Waals surface area contributed by atoms with Crippen molar-refractivity contribution in [1.29, 1.82) is 0 Å². The largest absolute Gasteiger partial charge is 0.457 e. The second kappa shape index (κ2) is 5.73. The molecule has 0 amide bonds. The number of nitrogens with zero attached hydrogens (tertiary/aromatic N) is 2. The summed E-state index contributed by atoms with van der Waals surface area (Å²) in [5, 5.41) is 0. The average molecular weight is 320 g/mol. The minimum Gasteiger partial charge on any atom is -0.457 e. The van der Waals surface area contributed by atoms with Crippen molar-refractivity contribution in [2.75, 3.05) is 36.0 Å². The molecule has 5 rings (SSSR count). The fraction of sp³-hybridized carbons (Fsp3) is 0.429. The van der Waals surface area contributed by atoms with E-state index in [0.717, 1.165) is 17.9 Å². The van der Waals surface area contributed by atoms with Crippen molar-refractivity contribution in [2.45, 2.75) is 32.1 Å². The Morgan fingerprint density at radius 1 is 0.708 bits per heavy atom. The fourth-order valence-corrected chi connectivity index (χ4v) is 4.44. The van der Waals surface area contributed by atoms with Crippen LogP contribution in [0.25, 0.3) is 0 Å². The van der Waals surface area contributed by atoms with Crippen LogP contribution in [0.5, 0.6) is 11.5 Å². The molecule has 0 atom stereocenters. The molecule has 2 aromatic carbocycles. The summed E-state index contributed by atoms with van der Waals surface area (Å²) in [6.07, 6.45) is 6.23. The molecule has 3 aliphatic rings. The Hall–Kier alpha value is -2.16. The summed E-state index contributed by atoms with van der Waals surface area (Å²) in [6.45, 7) is 4.74. The van der Waals surface area contributed by atoms with Gasteiger partial charge in [-0.25, -0.2) is 0 Å². The fourth-order valence-electron chi connectivity index (χ4n) is 4.44. The number of hydrogen-bond acceptors (Lipinski definition) is 3. The van der Waals surface area contributed by atoms with Crippen LogP contribution in [0.4, 0.5) is 11.4 Å². The first-order valence-electron chi connectivity index (χ1n) is 9.32. The quantitative estimate of drug-likeness (QED) is 0.687. The Balaban J connectivity index is 1.63. The van der Waals surface area contributed by atoms with Crippen molar-refractivity contribution in [2.24, 2.45) is 0 Å². The summed E-state index contributed by atoms with van der Waals surface area (Å²) in [4.78, 5) is 5.18. The molecule has 0 N–H and O–H groups in total. The van der Waals surface area contributed by atoms with Gasteiger partial charge in [0.25, 0.3) is 0 Å². The third kappa shape index (κ3) is 2.26. The van der Waals surface area contributed by atoms with Gasteiger partial charge in [0.15, 0.2) is 0 Å². The standard InChI is InChI=1S/C21H24N2O/c1-2-8-19-16(7-1)15-17-20(24-19)10-9-18(22-11-3-4-12-22)21(17)23-13-5-6-14-23/h1-2,7-10H,3-6,11-15H2. The number of anilines is 2. The molecule has 2 fully saturated rings. The number of hydrogen-bond donors (Lipinski definition) is 0. The van der Waals surface area contributed by atoms with Gasteiger partial charge in [0.1, 0.15) is 11.5 Å². The number of benzene rings is 2. The lowest BCUT2D eigenvalue weighted by Gasteiger charge is -2.32. The van der Waals surface area contributed by atoms with E-state index in [9.17, 15) is 0 Å². The summed E-state index contributed by atoms with van der Waals surface area (Å²) < 4.78 is 6.25. The lowest BCUT2D eigenvalue weighted by Crippen LogP contribution is -2.26. The van der Waals surface area contributed by atoms with Crippen LogP contribution in [-0.4, -0.2) is 26.2 Å². The molecule has 3 heterocycles. The van der Waals surface area contributed by atoms with Gasteiger partial charge in [0.05, 0.1) is 11.4 Å². The lowest BCUT2D eigenvalue weighted by atomic mass is 9.97. The second-order valence-electron chi connectivity index (χ2n) is 7.18. The van der Waals surface area contributed by atoms with Gasteiger partial charge in [0.2, 0.25) is 0 Å². The first-order chi connectivity index (χ1) is 11.9. The molecule has 2 aromatic rings. The van der Waals surface area contributed by atoms with Gasteiger partial charge in [-0.2, -0.15) is 0 Å².